The summed E-state index contributed by atoms with van der Waals surface area (Å²) >= 11 is 0. The number of aromatic hydroxyl groups is 1. The second-order valence-electron chi connectivity index (χ2n) is 3.63. The number of hydrogen-bond donors (Lipinski definition) is 2. The SMILES string of the molecule is Cc1cc2c(c(C(=O)C(=O)O)c1O)CCO2. The maximum Gasteiger partial charge on any atom is 0.377 e. The Kier molecular flexibility index (Phi) is 2.30. The van der Waals surface area contributed by atoms with Crippen molar-refractivity contribution in [1.82, 2.24) is 0 Å². The first-order valence-corrected chi connectivity index (χ1v) is 4.78. The summed E-state index contributed by atoms with van der Waals surface area (Å²) in [5.74, 6) is -2.45. The lowest BCUT2D eigenvalue weighted by atomic mass is 9.97. The molecule has 0 amide bonds. The molecule has 5 heteroatoms. The Balaban J connectivity index is 2.68. The van der Waals surface area contributed by atoms with Crippen molar-refractivity contribution in [1.29, 1.82) is 0 Å². The molecule has 0 radical (unpaired) electrons. The molecule has 1 heterocycles. The molecule has 16 heavy (non-hydrogen) atoms. The number of carboxylic acid groups (broad SMARTS) is 1. The average Bonchev–Trinajstić information content (AvgIpc) is 2.66. The van der Waals surface area contributed by atoms with E-state index < -0.39 is 11.8 Å². The number of phenols is 1. The van der Waals surface area contributed by atoms with Crippen LogP contribution in [0.2, 0.25) is 0 Å². The van der Waals surface area contributed by atoms with E-state index in [0.29, 0.717) is 29.9 Å². The van der Waals surface area contributed by atoms with E-state index >= 15 is 0 Å². The van der Waals surface area contributed by atoms with Crippen molar-refractivity contribution in [3.05, 3.63) is 22.8 Å². The molecule has 5 nitrogen and oxygen atoms in total. The van der Waals surface area contributed by atoms with E-state index in [0.717, 1.165) is 0 Å². The standard InChI is InChI=1S/C11H10O5/c1-5-4-7-6(2-3-16-7)8(9(5)12)10(13)11(14)15/h4,12H,2-3H2,1H3,(H,14,15). The quantitative estimate of drug-likeness (QED) is 0.573. The van der Waals surface area contributed by atoms with Crippen LogP contribution >= 0.6 is 0 Å². The van der Waals surface area contributed by atoms with Crippen LogP contribution in [-0.4, -0.2) is 28.6 Å². The van der Waals surface area contributed by atoms with Gasteiger partial charge in [-0.25, -0.2) is 4.79 Å². The number of rotatable bonds is 2. The van der Waals surface area contributed by atoms with Crippen molar-refractivity contribution in [2.45, 2.75) is 13.3 Å². The Bertz CT molecular complexity index is 490. The van der Waals surface area contributed by atoms with E-state index in [-0.39, 0.29) is 11.3 Å². The third kappa shape index (κ3) is 1.41. The highest BCUT2D eigenvalue weighted by Gasteiger charge is 2.28. The van der Waals surface area contributed by atoms with Crippen LogP contribution in [0, 0.1) is 6.92 Å². The van der Waals surface area contributed by atoms with Crippen LogP contribution in [0.5, 0.6) is 11.5 Å². The summed E-state index contributed by atoms with van der Waals surface area (Å²) in [6.07, 6.45) is 0.442. The van der Waals surface area contributed by atoms with Crippen LogP contribution in [0.3, 0.4) is 0 Å². The summed E-state index contributed by atoms with van der Waals surface area (Å²) in [4.78, 5) is 22.1. The van der Waals surface area contributed by atoms with E-state index in [9.17, 15) is 14.7 Å². The van der Waals surface area contributed by atoms with Gasteiger partial charge in [0.05, 0.1) is 12.2 Å². The normalized spacial score (nSPS) is 13.1. The van der Waals surface area contributed by atoms with Gasteiger partial charge in [-0.2, -0.15) is 0 Å². The number of aryl methyl sites for hydroxylation is 1. The van der Waals surface area contributed by atoms with Gasteiger partial charge in [0.1, 0.15) is 11.5 Å². The highest BCUT2D eigenvalue weighted by Crippen LogP contribution is 2.37. The molecule has 84 valence electrons. The lowest BCUT2D eigenvalue weighted by Gasteiger charge is -2.09. The maximum atomic E-state index is 11.5. The number of hydrogen-bond acceptors (Lipinski definition) is 4. The number of fused-ring (bicyclic) bond motifs is 1. The molecule has 1 aromatic rings. The van der Waals surface area contributed by atoms with Crippen molar-refractivity contribution < 1.29 is 24.5 Å². The molecule has 2 N–H and O–H groups in total. The van der Waals surface area contributed by atoms with Crippen molar-refractivity contribution in [2.75, 3.05) is 6.61 Å². The van der Waals surface area contributed by atoms with E-state index in [1.807, 2.05) is 0 Å². The Morgan fingerprint density at radius 2 is 2.12 bits per heavy atom. The number of phenolic OH excluding ortho intramolecular Hbond substituents is 1. The molecular weight excluding hydrogens is 212 g/mol. The van der Waals surface area contributed by atoms with E-state index in [2.05, 4.69) is 0 Å². The minimum Gasteiger partial charge on any atom is -0.507 e. The molecule has 1 aliphatic rings. The summed E-state index contributed by atoms with van der Waals surface area (Å²) < 4.78 is 5.25. The molecular formula is C11H10O5. The summed E-state index contributed by atoms with van der Waals surface area (Å²) in [5, 5.41) is 18.4. The summed E-state index contributed by atoms with van der Waals surface area (Å²) in [6, 6.07) is 1.61. The Morgan fingerprint density at radius 1 is 1.44 bits per heavy atom. The number of ether oxygens (including phenoxy) is 1. The number of aliphatic carboxylic acids is 1. The van der Waals surface area contributed by atoms with Crippen LogP contribution < -0.4 is 4.74 Å². The first-order chi connectivity index (χ1) is 7.52. The van der Waals surface area contributed by atoms with Crippen LogP contribution in [0.25, 0.3) is 0 Å². The summed E-state index contributed by atoms with van der Waals surface area (Å²) in [6.45, 7) is 1.99. The van der Waals surface area contributed by atoms with Gasteiger partial charge in [-0.3, -0.25) is 4.79 Å². The predicted octanol–water partition coefficient (Wildman–Crippen LogP) is 0.903. The van der Waals surface area contributed by atoms with Crippen molar-refractivity contribution in [3.63, 3.8) is 0 Å². The Labute approximate surface area is 91.3 Å². The molecule has 2 rings (SSSR count). The monoisotopic (exact) mass is 222 g/mol. The molecule has 0 saturated carbocycles. The van der Waals surface area contributed by atoms with Crippen molar-refractivity contribution in [3.8, 4) is 11.5 Å². The molecule has 0 unspecified atom stereocenters. The lowest BCUT2D eigenvalue weighted by Crippen LogP contribution is -2.15. The first-order valence-electron chi connectivity index (χ1n) is 4.78. The van der Waals surface area contributed by atoms with Gasteiger partial charge in [0, 0.05) is 12.0 Å². The molecule has 0 saturated heterocycles. The fraction of sp³-hybridized carbons (Fsp3) is 0.273. The minimum absolute atomic E-state index is 0.139. The van der Waals surface area contributed by atoms with Gasteiger partial charge >= 0.3 is 5.97 Å². The zero-order valence-electron chi connectivity index (χ0n) is 8.61. The van der Waals surface area contributed by atoms with Gasteiger partial charge in [0.25, 0.3) is 5.78 Å². The fourth-order valence-electron chi connectivity index (χ4n) is 1.81. The van der Waals surface area contributed by atoms with Crippen LogP contribution in [0.4, 0.5) is 0 Å². The Hall–Kier alpha value is -2.04. The largest absolute Gasteiger partial charge is 0.507 e. The molecule has 0 fully saturated rings. The third-order valence-electron chi connectivity index (χ3n) is 2.59. The van der Waals surface area contributed by atoms with E-state index in [1.165, 1.54) is 0 Å². The molecule has 0 aliphatic carbocycles. The highest BCUT2D eigenvalue weighted by atomic mass is 16.5. The van der Waals surface area contributed by atoms with Crippen LogP contribution in [0.1, 0.15) is 21.5 Å². The smallest absolute Gasteiger partial charge is 0.377 e. The zero-order chi connectivity index (χ0) is 11.9. The number of Topliss-reactive ketones (excluding diaryl/α,β-unsaturated/α-hetero) is 1. The number of carbonyl (C=O) groups is 2. The zero-order valence-corrected chi connectivity index (χ0v) is 8.61. The molecule has 1 aliphatic heterocycles. The number of ketones is 1. The maximum absolute atomic E-state index is 11.5. The second kappa shape index (κ2) is 3.52. The number of benzene rings is 1. The van der Waals surface area contributed by atoms with E-state index in [1.54, 1.807) is 13.0 Å². The topological polar surface area (TPSA) is 83.8 Å². The van der Waals surface area contributed by atoms with Gasteiger partial charge in [-0.1, -0.05) is 0 Å². The van der Waals surface area contributed by atoms with Gasteiger partial charge in [0.15, 0.2) is 0 Å². The van der Waals surface area contributed by atoms with Gasteiger partial charge in [-0.15, -0.1) is 0 Å². The third-order valence-corrected chi connectivity index (χ3v) is 2.59. The summed E-state index contributed by atoms with van der Waals surface area (Å²) in [5.41, 5.74) is 0.778. The molecule has 0 atom stereocenters. The van der Waals surface area contributed by atoms with Gasteiger partial charge in [0.2, 0.25) is 0 Å². The lowest BCUT2D eigenvalue weighted by molar-refractivity contribution is -0.131. The van der Waals surface area contributed by atoms with E-state index in [4.69, 9.17) is 9.84 Å². The van der Waals surface area contributed by atoms with Gasteiger partial charge in [-0.05, 0) is 18.6 Å². The summed E-state index contributed by atoms with van der Waals surface area (Å²) in [7, 11) is 0. The molecule has 1 aromatic carbocycles. The molecule has 0 spiro atoms. The number of carbonyl (C=O) groups excluding carboxylic acids is 1. The minimum atomic E-state index is -1.57. The van der Waals surface area contributed by atoms with Gasteiger partial charge < -0.3 is 14.9 Å². The second-order valence-corrected chi connectivity index (χ2v) is 3.63. The first kappa shape index (κ1) is 10.5. The predicted molar refractivity (Wildman–Crippen MR) is 54.0 cm³/mol. The fourth-order valence-corrected chi connectivity index (χ4v) is 1.81. The van der Waals surface area contributed by atoms with Crippen molar-refractivity contribution in [2.24, 2.45) is 0 Å². The molecule has 0 aromatic heterocycles. The molecule has 0 bridgehead atoms. The Morgan fingerprint density at radius 3 is 2.75 bits per heavy atom. The van der Waals surface area contributed by atoms with Crippen LogP contribution in [0.15, 0.2) is 6.07 Å². The van der Waals surface area contributed by atoms with Crippen molar-refractivity contribution >= 4 is 11.8 Å². The average molecular weight is 222 g/mol. The highest BCUT2D eigenvalue weighted by molar-refractivity contribution is 6.41. The van der Waals surface area contributed by atoms with Crippen LogP contribution in [-0.2, 0) is 11.2 Å². The number of carboxylic acids is 1.